The lowest BCUT2D eigenvalue weighted by atomic mass is 9.95. The Labute approximate surface area is 187 Å². The van der Waals surface area contributed by atoms with E-state index in [1.807, 2.05) is 36.4 Å². The van der Waals surface area contributed by atoms with Crippen molar-refractivity contribution in [3.05, 3.63) is 81.1 Å². The summed E-state index contributed by atoms with van der Waals surface area (Å²) in [4.78, 5) is 38.4. The first-order valence-electron chi connectivity index (χ1n) is 10.0. The van der Waals surface area contributed by atoms with Crippen molar-refractivity contribution in [2.45, 2.75) is 12.8 Å². The SMILES string of the molecule is O=C(Nc1cccc(-c2ccc(=O)[nH]n2)c1)C1CCN(C(=O)c2ccc(Br)cc2)CC1. The number of aromatic amines is 1. The van der Waals surface area contributed by atoms with Gasteiger partial charge in [0.2, 0.25) is 5.91 Å². The first-order valence-corrected chi connectivity index (χ1v) is 10.8. The maximum Gasteiger partial charge on any atom is 0.264 e. The predicted molar refractivity (Wildman–Crippen MR) is 122 cm³/mol. The van der Waals surface area contributed by atoms with Gasteiger partial charge in [0.25, 0.3) is 11.5 Å². The number of rotatable bonds is 4. The van der Waals surface area contributed by atoms with Crippen LogP contribution in [0.25, 0.3) is 11.3 Å². The van der Waals surface area contributed by atoms with Crippen molar-refractivity contribution in [1.82, 2.24) is 15.1 Å². The maximum atomic E-state index is 12.8. The van der Waals surface area contributed by atoms with Gasteiger partial charge in [0.1, 0.15) is 0 Å². The summed E-state index contributed by atoms with van der Waals surface area (Å²) in [5.41, 5.74) is 2.47. The van der Waals surface area contributed by atoms with E-state index < -0.39 is 0 Å². The average molecular weight is 481 g/mol. The first kappa shape index (κ1) is 21.0. The van der Waals surface area contributed by atoms with Crippen LogP contribution in [0.1, 0.15) is 23.2 Å². The number of carbonyl (C=O) groups excluding carboxylic acids is 2. The molecule has 0 bridgehead atoms. The summed E-state index contributed by atoms with van der Waals surface area (Å²) >= 11 is 3.38. The minimum Gasteiger partial charge on any atom is -0.339 e. The van der Waals surface area contributed by atoms with Gasteiger partial charge >= 0.3 is 0 Å². The highest BCUT2D eigenvalue weighted by molar-refractivity contribution is 9.10. The number of hydrogen-bond donors (Lipinski definition) is 2. The molecule has 7 nitrogen and oxygen atoms in total. The van der Waals surface area contributed by atoms with Gasteiger partial charge in [-0.25, -0.2) is 5.10 Å². The Morgan fingerprint density at radius 2 is 1.77 bits per heavy atom. The predicted octanol–water partition coefficient (Wildman–Crippen LogP) is 3.69. The van der Waals surface area contributed by atoms with Gasteiger partial charge in [-0.3, -0.25) is 14.4 Å². The number of carbonyl (C=O) groups is 2. The number of nitrogens with one attached hydrogen (secondary N) is 2. The highest BCUT2D eigenvalue weighted by Gasteiger charge is 2.28. The van der Waals surface area contributed by atoms with Crippen molar-refractivity contribution in [3.63, 3.8) is 0 Å². The van der Waals surface area contributed by atoms with Gasteiger partial charge in [-0.2, -0.15) is 5.10 Å². The fourth-order valence-corrected chi connectivity index (χ4v) is 3.89. The minimum atomic E-state index is -0.266. The maximum absolute atomic E-state index is 12.8. The fraction of sp³-hybridized carbons (Fsp3) is 0.217. The molecule has 8 heteroatoms. The van der Waals surface area contributed by atoms with Crippen molar-refractivity contribution in [1.29, 1.82) is 0 Å². The molecule has 4 rings (SSSR count). The molecular formula is C23H21BrN4O3. The number of piperidine rings is 1. The molecule has 2 aromatic carbocycles. The Kier molecular flexibility index (Phi) is 6.27. The third-order valence-corrected chi connectivity index (χ3v) is 5.88. The largest absolute Gasteiger partial charge is 0.339 e. The van der Waals surface area contributed by atoms with E-state index >= 15 is 0 Å². The highest BCUT2D eigenvalue weighted by atomic mass is 79.9. The Morgan fingerprint density at radius 3 is 2.45 bits per heavy atom. The van der Waals surface area contributed by atoms with Gasteiger partial charge in [0.15, 0.2) is 0 Å². The monoisotopic (exact) mass is 480 g/mol. The number of anilines is 1. The van der Waals surface area contributed by atoms with Crippen molar-refractivity contribution < 1.29 is 9.59 Å². The van der Waals surface area contributed by atoms with Crippen LogP contribution < -0.4 is 10.9 Å². The van der Waals surface area contributed by atoms with Crippen molar-refractivity contribution >= 4 is 33.4 Å². The van der Waals surface area contributed by atoms with E-state index in [1.54, 1.807) is 23.1 Å². The van der Waals surface area contributed by atoms with Gasteiger partial charge < -0.3 is 10.2 Å². The molecule has 158 valence electrons. The van der Waals surface area contributed by atoms with E-state index in [2.05, 4.69) is 31.4 Å². The normalized spacial score (nSPS) is 14.3. The Morgan fingerprint density at radius 1 is 1.03 bits per heavy atom. The van der Waals surface area contributed by atoms with E-state index in [-0.39, 0.29) is 23.3 Å². The van der Waals surface area contributed by atoms with Crippen molar-refractivity contribution in [2.24, 2.45) is 5.92 Å². The molecule has 1 saturated heterocycles. The molecule has 0 atom stereocenters. The van der Waals surface area contributed by atoms with Gasteiger partial charge in [-0.15, -0.1) is 0 Å². The molecule has 1 aliphatic heterocycles. The van der Waals surface area contributed by atoms with E-state index in [0.29, 0.717) is 42.9 Å². The Bertz CT molecular complexity index is 1130. The second-order valence-electron chi connectivity index (χ2n) is 7.45. The van der Waals surface area contributed by atoms with Gasteiger partial charge in [0.05, 0.1) is 5.69 Å². The van der Waals surface area contributed by atoms with Gasteiger partial charge in [-0.05, 0) is 55.3 Å². The molecule has 31 heavy (non-hydrogen) atoms. The molecular weight excluding hydrogens is 460 g/mol. The minimum absolute atomic E-state index is 0.00698. The number of hydrogen-bond acceptors (Lipinski definition) is 4. The highest BCUT2D eigenvalue weighted by Crippen LogP contribution is 2.24. The Balaban J connectivity index is 1.35. The summed E-state index contributed by atoms with van der Waals surface area (Å²) in [5, 5.41) is 9.40. The van der Waals surface area contributed by atoms with E-state index in [4.69, 9.17) is 0 Å². The second kappa shape index (κ2) is 9.26. The van der Waals surface area contributed by atoms with E-state index in [0.717, 1.165) is 10.0 Å². The number of likely N-dealkylation sites (tertiary alicyclic amines) is 1. The zero-order valence-electron chi connectivity index (χ0n) is 16.7. The number of nitrogens with zero attached hydrogens (tertiary/aromatic N) is 2. The molecule has 2 heterocycles. The summed E-state index contributed by atoms with van der Waals surface area (Å²) in [6.07, 6.45) is 1.24. The van der Waals surface area contributed by atoms with Crippen LogP contribution in [-0.2, 0) is 4.79 Å². The summed E-state index contributed by atoms with van der Waals surface area (Å²) in [6, 6.07) is 17.7. The van der Waals surface area contributed by atoms with Crippen LogP contribution in [0.5, 0.6) is 0 Å². The lowest BCUT2D eigenvalue weighted by Crippen LogP contribution is -2.41. The summed E-state index contributed by atoms with van der Waals surface area (Å²) in [7, 11) is 0. The average Bonchev–Trinajstić information content (AvgIpc) is 2.80. The van der Waals surface area contributed by atoms with Crippen LogP contribution in [0.15, 0.2) is 69.9 Å². The zero-order chi connectivity index (χ0) is 21.8. The number of aromatic nitrogens is 2. The molecule has 3 aromatic rings. The molecule has 1 aliphatic rings. The van der Waals surface area contributed by atoms with Crippen molar-refractivity contribution in [2.75, 3.05) is 18.4 Å². The second-order valence-corrected chi connectivity index (χ2v) is 8.37. The van der Waals surface area contributed by atoms with Crippen LogP contribution in [0.4, 0.5) is 5.69 Å². The molecule has 1 fully saturated rings. The van der Waals surface area contributed by atoms with E-state index in [9.17, 15) is 14.4 Å². The molecule has 0 saturated carbocycles. The fourth-order valence-electron chi connectivity index (χ4n) is 3.63. The summed E-state index contributed by atoms with van der Waals surface area (Å²) in [5.74, 6) is -0.210. The quantitative estimate of drug-likeness (QED) is 0.595. The van der Waals surface area contributed by atoms with E-state index in [1.165, 1.54) is 6.07 Å². The smallest absolute Gasteiger partial charge is 0.264 e. The first-order chi connectivity index (χ1) is 15.0. The van der Waals surface area contributed by atoms with Crippen LogP contribution >= 0.6 is 15.9 Å². The van der Waals surface area contributed by atoms with Crippen molar-refractivity contribution in [3.8, 4) is 11.3 Å². The summed E-state index contributed by atoms with van der Waals surface area (Å²) < 4.78 is 0.930. The molecule has 0 spiro atoms. The third-order valence-electron chi connectivity index (χ3n) is 5.35. The van der Waals surface area contributed by atoms with Gasteiger partial charge in [-0.1, -0.05) is 28.1 Å². The van der Waals surface area contributed by atoms with Crippen LogP contribution in [-0.4, -0.2) is 40.0 Å². The third kappa shape index (κ3) is 5.08. The van der Waals surface area contributed by atoms with Gasteiger partial charge in [0, 0.05) is 46.4 Å². The molecule has 0 unspecified atom stereocenters. The lowest BCUT2D eigenvalue weighted by Gasteiger charge is -2.31. The summed E-state index contributed by atoms with van der Waals surface area (Å²) in [6.45, 7) is 1.10. The standard InChI is InChI=1S/C23H21BrN4O3/c24-18-6-4-16(5-7-18)23(31)28-12-10-15(11-13-28)22(30)25-19-3-1-2-17(14-19)20-8-9-21(29)27-26-20/h1-9,14-15H,10-13H2,(H,25,30)(H,27,29). The molecule has 1 aromatic heterocycles. The molecule has 2 N–H and O–H groups in total. The number of H-pyrrole nitrogens is 1. The topological polar surface area (TPSA) is 95.2 Å². The Hall–Kier alpha value is -3.26. The lowest BCUT2D eigenvalue weighted by molar-refractivity contribution is -0.121. The van der Waals surface area contributed by atoms with Crippen LogP contribution in [0.3, 0.4) is 0 Å². The van der Waals surface area contributed by atoms with Crippen LogP contribution in [0.2, 0.25) is 0 Å². The number of benzene rings is 2. The number of halogens is 1. The molecule has 2 amide bonds. The van der Waals surface area contributed by atoms with Crippen LogP contribution in [0, 0.1) is 5.92 Å². The zero-order valence-corrected chi connectivity index (χ0v) is 18.3. The molecule has 0 radical (unpaired) electrons. The number of amides is 2. The molecule has 0 aliphatic carbocycles.